The molecular weight excluding hydrogens is 252 g/mol. The Morgan fingerprint density at radius 1 is 1.20 bits per heavy atom. The van der Waals surface area contributed by atoms with Crippen LogP contribution in [0.2, 0.25) is 0 Å². The summed E-state index contributed by atoms with van der Waals surface area (Å²) in [5.74, 6) is 1.59. The Morgan fingerprint density at radius 2 is 2.05 bits per heavy atom. The third kappa shape index (κ3) is 3.70. The van der Waals surface area contributed by atoms with Gasteiger partial charge in [-0.2, -0.15) is 0 Å². The SMILES string of the molecule is CCCOc1ccc(-c2cnccn2)c(OC(C)C)c1. The highest BCUT2D eigenvalue weighted by Gasteiger charge is 2.11. The average Bonchev–Trinajstić information content (AvgIpc) is 2.45. The van der Waals surface area contributed by atoms with Crippen LogP contribution in [0.1, 0.15) is 27.2 Å². The van der Waals surface area contributed by atoms with Crippen molar-refractivity contribution >= 4 is 0 Å². The van der Waals surface area contributed by atoms with Crippen molar-refractivity contribution in [2.45, 2.75) is 33.3 Å². The number of benzene rings is 1. The van der Waals surface area contributed by atoms with Crippen molar-refractivity contribution in [3.63, 3.8) is 0 Å². The minimum atomic E-state index is 0.0897. The molecule has 2 rings (SSSR count). The van der Waals surface area contributed by atoms with Crippen molar-refractivity contribution in [2.24, 2.45) is 0 Å². The average molecular weight is 272 g/mol. The highest BCUT2D eigenvalue weighted by Crippen LogP contribution is 2.32. The first-order chi connectivity index (χ1) is 9.70. The maximum absolute atomic E-state index is 5.87. The van der Waals surface area contributed by atoms with Gasteiger partial charge in [0.05, 0.1) is 24.6 Å². The minimum Gasteiger partial charge on any atom is -0.493 e. The standard InChI is InChI=1S/C16H20N2O2/c1-4-9-19-13-5-6-14(15-11-17-7-8-18-15)16(10-13)20-12(2)3/h5-8,10-12H,4,9H2,1-3H3. The molecule has 20 heavy (non-hydrogen) atoms. The fourth-order valence-corrected chi connectivity index (χ4v) is 1.81. The first-order valence-electron chi connectivity index (χ1n) is 6.90. The zero-order valence-electron chi connectivity index (χ0n) is 12.2. The lowest BCUT2D eigenvalue weighted by Gasteiger charge is -2.15. The number of ether oxygens (including phenoxy) is 2. The van der Waals surface area contributed by atoms with Crippen LogP contribution in [-0.2, 0) is 0 Å². The van der Waals surface area contributed by atoms with Crippen molar-refractivity contribution in [1.82, 2.24) is 9.97 Å². The van der Waals surface area contributed by atoms with E-state index >= 15 is 0 Å². The second-order valence-corrected chi connectivity index (χ2v) is 4.76. The van der Waals surface area contributed by atoms with E-state index in [9.17, 15) is 0 Å². The summed E-state index contributed by atoms with van der Waals surface area (Å²) in [7, 11) is 0. The molecule has 1 aromatic carbocycles. The molecule has 2 aromatic rings. The van der Waals surface area contributed by atoms with E-state index in [-0.39, 0.29) is 6.10 Å². The predicted octanol–water partition coefficient (Wildman–Crippen LogP) is 3.72. The summed E-state index contributed by atoms with van der Waals surface area (Å²) >= 11 is 0. The molecule has 0 aliphatic rings. The van der Waals surface area contributed by atoms with Gasteiger partial charge in [0, 0.05) is 24.0 Å². The molecule has 0 fully saturated rings. The molecular formula is C16H20N2O2. The lowest BCUT2D eigenvalue weighted by atomic mass is 10.1. The number of hydrogen-bond donors (Lipinski definition) is 0. The Hall–Kier alpha value is -2.10. The largest absolute Gasteiger partial charge is 0.493 e. The summed E-state index contributed by atoms with van der Waals surface area (Å²) in [6.07, 6.45) is 6.13. The van der Waals surface area contributed by atoms with Crippen LogP contribution < -0.4 is 9.47 Å². The number of hydrogen-bond acceptors (Lipinski definition) is 4. The maximum Gasteiger partial charge on any atom is 0.132 e. The van der Waals surface area contributed by atoms with Crippen LogP contribution in [-0.4, -0.2) is 22.7 Å². The first kappa shape index (κ1) is 14.3. The Bertz CT molecular complexity index is 541. The van der Waals surface area contributed by atoms with E-state index in [4.69, 9.17) is 9.47 Å². The van der Waals surface area contributed by atoms with E-state index in [0.29, 0.717) is 6.61 Å². The van der Waals surface area contributed by atoms with Crippen molar-refractivity contribution in [1.29, 1.82) is 0 Å². The quantitative estimate of drug-likeness (QED) is 0.804. The van der Waals surface area contributed by atoms with Crippen LogP contribution in [0.4, 0.5) is 0 Å². The van der Waals surface area contributed by atoms with Gasteiger partial charge in [0.1, 0.15) is 11.5 Å². The van der Waals surface area contributed by atoms with Gasteiger partial charge < -0.3 is 9.47 Å². The summed E-state index contributed by atoms with van der Waals surface area (Å²) in [5, 5.41) is 0. The van der Waals surface area contributed by atoms with Gasteiger partial charge in [-0.15, -0.1) is 0 Å². The zero-order valence-corrected chi connectivity index (χ0v) is 12.2. The molecule has 0 saturated heterocycles. The third-order valence-electron chi connectivity index (χ3n) is 2.63. The van der Waals surface area contributed by atoms with Gasteiger partial charge in [-0.3, -0.25) is 9.97 Å². The van der Waals surface area contributed by atoms with Crippen LogP contribution in [0.3, 0.4) is 0 Å². The molecule has 0 N–H and O–H groups in total. The van der Waals surface area contributed by atoms with E-state index in [0.717, 1.165) is 29.2 Å². The smallest absolute Gasteiger partial charge is 0.132 e. The van der Waals surface area contributed by atoms with Gasteiger partial charge in [0.15, 0.2) is 0 Å². The van der Waals surface area contributed by atoms with Gasteiger partial charge in [0.25, 0.3) is 0 Å². The van der Waals surface area contributed by atoms with E-state index in [2.05, 4.69) is 16.9 Å². The summed E-state index contributed by atoms with van der Waals surface area (Å²) in [6, 6.07) is 5.82. The molecule has 0 radical (unpaired) electrons. The molecule has 4 heteroatoms. The molecule has 0 bridgehead atoms. The Labute approximate surface area is 119 Å². The Morgan fingerprint density at radius 3 is 2.70 bits per heavy atom. The fourth-order valence-electron chi connectivity index (χ4n) is 1.81. The van der Waals surface area contributed by atoms with Gasteiger partial charge in [-0.05, 0) is 32.4 Å². The van der Waals surface area contributed by atoms with Crippen LogP contribution >= 0.6 is 0 Å². The molecule has 0 atom stereocenters. The minimum absolute atomic E-state index is 0.0897. The highest BCUT2D eigenvalue weighted by atomic mass is 16.5. The van der Waals surface area contributed by atoms with Crippen LogP contribution in [0.15, 0.2) is 36.8 Å². The Kier molecular flexibility index (Phi) is 4.93. The lowest BCUT2D eigenvalue weighted by molar-refractivity contribution is 0.241. The molecule has 0 spiro atoms. The summed E-state index contributed by atoms with van der Waals surface area (Å²) in [4.78, 5) is 8.43. The first-order valence-corrected chi connectivity index (χ1v) is 6.90. The highest BCUT2D eigenvalue weighted by molar-refractivity contribution is 5.67. The van der Waals surface area contributed by atoms with Crippen LogP contribution in [0, 0.1) is 0 Å². The van der Waals surface area contributed by atoms with Crippen LogP contribution in [0.5, 0.6) is 11.5 Å². The lowest BCUT2D eigenvalue weighted by Crippen LogP contribution is -2.07. The Balaban J connectivity index is 2.35. The summed E-state index contributed by atoms with van der Waals surface area (Å²) < 4.78 is 11.5. The maximum atomic E-state index is 5.87. The van der Waals surface area contributed by atoms with E-state index in [1.165, 1.54) is 0 Å². The summed E-state index contributed by atoms with van der Waals surface area (Å²) in [6.45, 7) is 6.78. The number of aromatic nitrogens is 2. The molecule has 0 aliphatic carbocycles. The van der Waals surface area contributed by atoms with Gasteiger partial charge in [-0.1, -0.05) is 6.92 Å². The molecule has 4 nitrogen and oxygen atoms in total. The molecule has 0 aliphatic heterocycles. The van der Waals surface area contributed by atoms with Gasteiger partial charge in [-0.25, -0.2) is 0 Å². The molecule has 0 unspecified atom stereocenters. The van der Waals surface area contributed by atoms with Crippen molar-refractivity contribution < 1.29 is 9.47 Å². The number of nitrogens with zero attached hydrogens (tertiary/aromatic N) is 2. The number of rotatable bonds is 6. The molecule has 1 heterocycles. The molecule has 0 amide bonds. The van der Waals surface area contributed by atoms with E-state index < -0.39 is 0 Å². The van der Waals surface area contributed by atoms with E-state index in [1.54, 1.807) is 18.6 Å². The summed E-state index contributed by atoms with van der Waals surface area (Å²) in [5.41, 5.74) is 1.72. The second-order valence-electron chi connectivity index (χ2n) is 4.76. The van der Waals surface area contributed by atoms with E-state index in [1.807, 2.05) is 32.0 Å². The third-order valence-corrected chi connectivity index (χ3v) is 2.63. The second kappa shape index (κ2) is 6.89. The molecule has 0 saturated carbocycles. The molecule has 106 valence electrons. The van der Waals surface area contributed by atoms with Crippen LogP contribution in [0.25, 0.3) is 11.3 Å². The van der Waals surface area contributed by atoms with Crippen molar-refractivity contribution in [2.75, 3.05) is 6.61 Å². The molecule has 1 aromatic heterocycles. The van der Waals surface area contributed by atoms with Gasteiger partial charge >= 0.3 is 0 Å². The monoisotopic (exact) mass is 272 g/mol. The van der Waals surface area contributed by atoms with Crippen molar-refractivity contribution in [3.8, 4) is 22.8 Å². The zero-order chi connectivity index (χ0) is 14.4. The fraction of sp³-hybridized carbons (Fsp3) is 0.375. The topological polar surface area (TPSA) is 44.2 Å². The van der Waals surface area contributed by atoms with Crippen molar-refractivity contribution in [3.05, 3.63) is 36.8 Å². The van der Waals surface area contributed by atoms with Gasteiger partial charge in [0.2, 0.25) is 0 Å². The normalized spacial score (nSPS) is 10.6. The predicted molar refractivity (Wildman–Crippen MR) is 79.0 cm³/mol.